The third-order valence-corrected chi connectivity index (χ3v) is 3.53. The predicted octanol–water partition coefficient (Wildman–Crippen LogP) is 0.839. The first-order chi connectivity index (χ1) is 9.00. The summed E-state index contributed by atoms with van der Waals surface area (Å²) in [7, 11) is 0. The van der Waals surface area contributed by atoms with Crippen LogP contribution in [0.25, 0.3) is 0 Å². The molecular formula is C13H18N2O4. The number of nitrogens with zero attached hydrogens (tertiary/aromatic N) is 2. The van der Waals surface area contributed by atoms with Crippen molar-refractivity contribution < 1.29 is 14.6 Å². The normalized spacial score (nSPS) is 19.4. The average Bonchev–Trinajstić information content (AvgIpc) is 2.35. The van der Waals surface area contributed by atoms with Gasteiger partial charge in [0.05, 0.1) is 19.1 Å². The maximum Gasteiger partial charge on any atom is 0.348 e. The van der Waals surface area contributed by atoms with Crippen LogP contribution in [0.1, 0.15) is 35.8 Å². The van der Waals surface area contributed by atoms with Gasteiger partial charge in [0.25, 0.3) is 0 Å². The van der Waals surface area contributed by atoms with E-state index in [2.05, 4.69) is 4.98 Å². The van der Waals surface area contributed by atoms with E-state index in [1.54, 1.807) is 18.4 Å². The zero-order chi connectivity index (χ0) is 14.0. The third kappa shape index (κ3) is 2.84. The van der Waals surface area contributed by atoms with Gasteiger partial charge in [0.1, 0.15) is 0 Å². The lowest BCUT2D eigenvalue weighted by Crippen LogP contribution is -2.35. The summed E-state index contributed by atoms with van der Waals surface area (Å²) in [6.45, 7) is 4.65. The Morgan fingerprint density at radius 3 is 2.84 bits per heavy atom. The predicted molar refractivity (Wildman–Crippen MR) is 68.4 cm³/mol. The first-order valence-electron chi connectivity index (χ1n) is 6.39. The van der Waals surface area contributed by atoms with E-state index in [1.165, 1.54) is 0 Å². The fourth-order valence-electron chi connectivity index (χ4n) is 2.58. The highest BCUT2D eigenvalue weighted by Crippen LogP contribution is 2.21. The van der Waals surface area contributed by atoms with Crippen LogP contribution in [0.5, 0.6) is 0 Å². The molecule has 0 saturated carbocycles. The summed E-state index contributed by atoms with van der Waals surface area (Å²) in [5, 5.41) is 8.95. The van der Waals surface area contributed by atoms with Gasteiger partial charge in [-0.3, -0.25) is 9.36 Å². The second-order valence-corrected chi connectivity index (χ2v) is 4.86. The molecule has 0 bridgehead atoms. The molecule has 1 aromatic heterocycles. The first kappa shape index (κ1) is 13.7. The van der Waals surface area contributed by atoms with Crippen molar-refractivity contribution in [3.8, 4) is 0 Å². The molecule has 6 heteroatoms. The highest BCUT2D eigenvalue weighted by molar-refractivity contribution is 5.70. The van der Waals surface area contributed by atoms with Crippen LogP contribution in [0, 0.1) is 13.8 Å². The number of carboxylic acid groups (broad SMARTS) is 1. The zero-order valence-electron chi connectivity index (χ0n) is 11.2. The fourth-order valence-corrected chi connectivity index (χ4v) is 2.58. The quantitative estimate of drug-likeness (QED) is 0.876. The summed E-state index contributed by atoms with van der Waals surface area (Å²) in [5.74, 6) is -0.918. The second kappa shape index (κ2) is 5.52. The molecule has 2 rings (SSSR count). The van der Waals surface area contributed by atoms with Crippen LogP contribution in [0.4, 0.5) is 0 Å². The van der Waals surface area contributed by atoms with Crippen molar-refractivity contribution in [3.05, 3.63) is 27.4 Å². The SMILES string of the molecule is Cc1nc(=O)n(C2CCCOC2)c(C)c1CC(=O)O. The lowest BCUT2D eigenvalue weighted by molar-refractivity contribution is -0.136. The fraction of sp³-hybridized carbons (Fsp3) is 0.615. The minimum atomic E-state index is -0.918. The van der Waals surface area contributed by atoms with E-state index in [0.29, 0.717) is 30.2 Å². The zero-order valence-corrected chi connectivity index (χ0v) is 11.2. The Bertz CT molecular complexity index is 544. The van der Waals surface area contributed by atoms with Gasteiger partial charge in [0, 0.05) is 23.6 Å². The molecular weight excluding hydrogens is 248 g/mol. The lowest BCUT2D eigenvalue weighted by Gasteiger charge is -2.26. The maximum atomic E-state index is 12.0. The molecule has 6 nitrogen and oxygen atoms in total. The average molecular weight is 266 g/mol. The minimum Gasteiger partial charge on any atom is -0.481 e. The monoisotopic (exact) mass is 266 g/mol. The van der Waals surface area contributed by atoms with Gasteiger partial charge >= 0.3 is 11.7 Å². The number of carboxylic acids is 1. The van der Waals surface area contributed by atoms with Gasteiger partial charge in [-0.2, -0.15) is 4.98 Å². The second-order valence-electron chi connectivity index (χ2n) is 4.86. The number of rotatable bonds is 3. The van der Waals surface area contributed by atoms with Gasteiger partial charge in [0.2, 0.25) is 0 Å². The number of aliphatic carboxylic acids is 1. The van der Waals surface area contributed by atoms with Crippen LogP contribution in [-0.2, 0) is 16.0 Å². The largest absolute Gasteiger partial charge is 0.481 e. The summed E-state index contributed by atoms with van der Waals surface area (Å²) in [4.78, 5) is 26.9. The first-order valence-corrected chi connectivity index (χ1v) is 6.39. The van der Waals surface area contributed by atoms with Crippen molar-refractivity contribution in [3.63, 3.8) is 0 Å². The summed E-state index contributed by atoms with van der Waals surface area (Å²) < 4.78 is 6.98. The highest BCUT2D eigenvalue weighted by Gasteiger charge is 2.22. The summed E-state index contributed by atoms with van der Waals surface area (Å²) in [6.07, 6.45) is 1.65. The maximum absolute atomic E-state index is 12.0. The van der Waals surface area contributed by atoms with Crippen molar-refractivity contribution in [2.45, 2.75) is 39.2 Å². The molecule has 0 spiro atoms. The summed E-state index contributed by atoms with van der Waals surface area (Å²) in [5.41, 5.74) is 1.49. The molecule has 19 heavy (non-hydrogen) atoms. The molecule has 0 radical (unpaired) electrons. The Hall–Kier alpha value is -1.69. The minimum absolute atomic E-state index is 0.0399. The van der Waals surface area contributed by atoms with Crippen molar-refractivity contribution in [2.24, 2.45) is 0 Å². The Kier molecular flexibility index (Phi) is 3.99. The van der Waals surface area contributed by atoms with E-state index in [1.807, 2.05) is 0 Å². The van der Waals surface area contributed by atoms with Crippen LogP contribution < -0.4 is 5.69 Å². The molecule has 1 aromatic rings. The van der Waals surface area contributed by atoms with Crippen molar-refractivity contribution in [1.82, 2.24) is 9.55 Å². The molecule has 0 aliphatic carbocycles. The molecule has 2 heterocycles. The number of hydrogen-bond acceptors (Lipinski definition) is 4. The molecule has 1 atom stereocenters. The van der Waals surface area contributed by atoms with Gasteiger partial charge in [-0.25, -0.2) is 4.79 Å². The third-order valence-electron chi connectivity index (χ3n) is 3.53. The van der Waals surface area contributed by atoms with Gasteiger partial charge in [0.15, 0.2) is 0 Å². The molecule has 1 fully saturated rings. The number of carbonyl (C=O) groups is 1. The van der Waals surface area contributed by atoms with Gasteiger partial charge < -0.3 is 9.84 Å². The topological polar surface area (TPSA) is 81.4 Å². The molecule has 1 saturated heterocycles. The number of aromatic nitrogens is 2. The van der Waals surface area contributed by atoms with Crippen LogP contribution in [0.2, 0.25) is 0 Å². The Morgan fingerprint density at radius 2 is 2.26 bits per heavy atom. The van der Waals surface area contributed by atoms with E-state index >= 15 is 0 Å². The number of hydrogen-bond donors (Lipinski definition) is 1. The van der Waals surface area contributed by atoms with E-state index in [-0.39, 0.29) is 18.2 Å². The molecule has 1 aliphatic heterocycles. The highest BCUT2D eigenvalue weighted by atomic mass is 16.5. The molecule has 1 N–H and O–H groups in total. The van der Waals surface area contributed by atoms with Crippen LogP contribution in [0.15, 0.2) is 4.79 Å². The van der Waals surface area contributed by atoms with Crippen molar-refractivity contribution in [2.75, 3.05) is 13.2 Å². The van der Waals surface area contributed by atoms with Gasteiger partial charge in [-0.05, 0) is 26.7 Å². The van der Waals surface area contributed by atoms with E-state index < -0.39 is 5.97 Å². The molecule has 1 aliphatic rings. The Balaban J connectivity index is 2.47. The van der Waals surface area contributed by atoms with Gasteiger partial charge in [-0.15, -0.1) is 0 Å². The molecule has 104 valence electrons. The standard InChI is InChI=1S/C13H18N2O4/c1-8-11(6-12(16)17)9(2)15(13(18)14-8)10-4-3-5-19-7-10/h10H,3-7H2,1-2H3,(H,16,17). The van der Waals surface area contributed by atoms with E-state index in [9.17, 15) is 9.59 Å². The Labute approximate surface area is 111 Å². The van der Waals surface area contributed by atoms with E-state index in [0.717, 1.165) is 12.8 Å². The van der Waals surface area contributed by atoms with Crippen LogP contribution in [0.3, 0.4) is 0 Å². The van der Waals surface area contributed by atoms with E-state index in [4.69, 9.17) is 9.84 Å². The molecule has 0 amide bonds. The smallest absolute Gasteiger partial charge is 0.348 e. The van der Waals surface area contributed by atoms with Crippen LogP contribution >= 0.6 is 0 Å². The Morgan fingerprint density at radius 1 is 1.53 bits per heavy atom. The van der Waals surface area contributed by atoms with Crippen LogP contribution in [-0.4, -0.2) is 33.8 Å². The van der Waals surface area contributed by atoms with Crippen molar-refractivity contribution >= 4 is 5.97 Å². The lowest BCUT2D eigenvalue weighted by atomic mass is 10.1. The van der Waals surface area contributed by atoms with Gasteiger partial charge in [-0.1, -0.05) is 0 Å². The molecule has 0 aromatic carbocycles. The van der Waals surface area contributed by atoms with Crippen molar-refractivity contribution in [1.29, 1.82) is 0 Å². The number of aryl methyl sites for hydroxylation is 1. The summed E-state index contributed by atoms with van der Waals surface area (Å²) >= 11 is 0. The molecule has 1 unspecified atom stereocenters. The number of ether oxygens (including phenoxy) is 1. The summed E-state index contributed by atoms with van der Waals surface area (Å²) in [6, 6.07) is -0.0399.